The van der Waals surface area contributed by atoms with Crippen LogP contribution in [0.5, 0.6) is 0 Å². The SMILES string of the molecule is C[C@@H](C(=O)Nc1onc2c1CSC2)n1nc(-c2ccccc2)ccc1=O. The molecule has 0 saturated heterocycles. The van der Waals surface area contributed by atoms with Crippen LogP contribution in [0.3, 0.4) is 0 Å². The molecule has 3 aromatic rings. The summed E-state index contributed by atoms with van der Waals surface area (Å²) in [6.45, 7) is 1.63. The Morgan fingerprint density at radius 1 is 1.23 bits per heavy atom. The minimum atomic E-state index is -0.791. The van der Waals surface area contributed by atoms with Gasteiger partial charge in [0.1, 0.15) is 6.04 Å². The summed E-state index contributed by atoms with van der Waals surface area (Å²) in [5, 5.41) is 11.0. The summed E-state index contributed by atoms with van der Waals surface area (Å²) < 4.78 is 6.40. The molecule has 1 aliphatic rings. The predicted octanol–water partition coefficient (Wildman–Crippen LogP) is 2.84. The van der Waals surface area contributed by atoms with Crippen LogP contribution >= 0.6 is 11.8 Å². The molecule has 0 bridgehead atoms. The molecule has 132 valence electrons. The van der Waals surface area contributed by atoms with Gasteiger partial charge in [-0.1, -0.05) is 35.5 Å². The van der Waals surface area contributed by atoms with Crippen LogP contribution in [0.1, 0.15) is 24.2 Å². The van der Waals surface area contributed by atoms with Crippen LogP contribution < -0.4 is 10.9 Å². The third-order valence-electron chi connectivity index (χ3n) is 4.23. The zero-order valence-electron chi connectivity index (χ0n) is 14.0. The van der Waals surface area contributed by atoms with Crippen molar-refractivity contribution in [1.29, 1.82) is 0 Å². The molecule has 0 aliphatic carbocycles. The Labute approximate surface area is 153 Å². The van der Waals surface area contributed by atoms with Crippen molar-refractivity contribution >= 4 is 23.6 Å². The van der Waals surface area contributed by atoms with E-state index in [1.165, 1.54) is 10.7 Å². The summed E-state index contributed by atoms with van der Waals surface area (Å²) in [6, 6.07) is 11.8. The number of nitrogens with zero attached hydrogens (tertiary/aromatic N) is 3. The lowest BCUT2D eigenvalue weighted by atomic mass is 10.1. The van der Waals surface area contributed by atoms with E-state index in [2.05, 4.69) is 15.6 Å². The van der Waals surface area contributed by atoms with Crippen LogP contribution in [0, 0.1) is 0 Å². The maximum absolute atomic E-state index is 12.6. The van der Waals surface area contributed by atoms with Gasteiger partial charge < -0.3 is 4.52 Å². The van der Waals surface area contributed by atoms with Crippen molar-refractivity contribution in [2.24, 2.45) is 0 Å². The van der Waals surface area contributed by atoms with Crippen molar-refractivity contribution in [3.63, 3.8) is 0 Å². The average Bonchev–Trinajstić information content (AvgIpc) is 3.27. The Bertz CT molecular complexity index is 1010. The predicted molar refractivity (Wildman–Crippen MR) is 98.8 cm³/mol. The number of carbonyl (C=O) groups is 1. The van der Waals surface area contributed by atoms with Gasteiger partial charge in [-0.05, 0) is 13.0 Å². The highest BCUT2D eigenvalue weighted by molar-refractivity contribution is 7.98. The number of thioether (sulfide) groups is 1. The number of benzene rings is 1. The van der Waals surface area contributed by atoms with Crippen molar-refractivity contribution in [3.05, 3.63) is 64.1 Å². The lowest BCUT2D eigenvalue weighted by Gasteiger charge is -2.14. The number of amides is 1. The smallest absolute Gasteiger partial charge is 0.267 e. The first kappa shape index (κ1) is 16.6. The zero-order valence-corrected chi connectivity index (χ0v) is 14.8. The first-order chi connectivity index (χ1) is 12.6. The molecule has 1 atom stereocenters. The minimum absolute atomic E-state index is 0.342. The third-order valence-corrected chi connectivity index (χ3v) is 5.20. The van der Waals surface area contributed by atoms with E-state index in [1.807, 2.05) is 30.3 Å². The maximum atomic E-state index is 12.6. The van der Waals surface area contributed by atoms with E-state index in [4.69, 9.17) is 4.52 Å². The van der Waals surface area contributed by atoms with Crippen molar-refractivity contribution in [2.45, 2.75) is 24.5 Å². The topological polar surface area (TPSA) is 90.0 Å². The fraction of sp³-hybridized carbons (Fsp3) is 0.222. The maximum Gasteiger partial charge on any atom is 0.267 e. The molecule has 3 heterocycles. The van der Waals surface area contributed by atoms with Gasteiger partial charge in [-0.25, -0.2) is 4.68 Å². The monoisotopic (exact) mass is 368 g/mol. The molecule has 1 amide bonds. The molecule has 0 radical (unpaired) electrons. The average molecular weight is 368 g/mol. The lowest BCUT2D eigenvalue weighted by Crippen LogP contribution is -2.33. The summed E-state index contributed by atoms with van der Waals surface area (Å²) in [5.74, 6) is 1.52. The second kappa shape index (κ2) is 6.80. The molecular formula is C18H16N4O3S. The van der Waals surface area contributed by atoms with Crippen molar-refractivity contribution < 1.29 is 9.32 Å². The van der Waals surface area contributed by atoms with Crippen LogP contribution in [0.2, 0.25) is 0 Å². The highest BCUT2D eigenvalue weighted by Gasteiger charge is 2.25. The van der Waals surface area contributed by atoms with Gasteiger partial charge in [-0.2, -0.15) is 16.9 Å². The molecule has 0 saturated carbocycles. The number of rotatable bonds is 4. The minimum Gasteiger partial charge on any atom is -0.338 e. The van der Waals surface area contributed by atoms with Gasteiger partial charge in [0.05, 0.1) is 17.0 Å². The van der Waals surface area contributed by atoms with Gasteiger partial charge >= 0.3 is 0 Å². The van der Waals surface area contributed by atoms with E-state index in [1.54, 1.807) is 24.8 Å². The van der Waals surface area contributed by atoms with Gasteiger partial charge in [-0.3, -0.25) is 14.9 Å². The molecule has 1 N–H and O–H groups in total. The number of carbonyl (C=O) groups excluding carboxylic acids is 1. The zero-order chi connectivity index (χ0) is 18.1. The molecule has 26 heavy (non-hydrogen) atoms. The second-order valence-corrected chi connectivity index (χ2v) is 6.95. The van der Waals surface area contributed by atoms with Gasteiger partial charge in [0, 0.05) is 23.1 Å². The molecule has 0 spiro atoms. The van der Waals surface area contributed by atoms with E-state index in [0.717, 1.165) is 28.3 Å². The van der Waals surface area contributed by atoms with Crippen LogP contribution in [0.25, 0.3) is 11.3 Å². The second-order valence-electron chi connectivity index (χ2n) is 5.96. The van der Waals surface area contributed by atoms with Crippen LogP contribution in [-0.4, -0.2) is 20.8 Å². The largest absolute Gasteiger partial charge is 0.338 e. The van der Waals surface area contributed by atoms with E-state index in [9.17, 15) is 9.59 Å². The van der Waals surface area contributed by atoms with Gasteiger partial charge in [-0.15, -0.1) is 0 Å². The van der Waals surface area contributed by atoms with E-state index in [-0.39, 0.29) is 11.5 Å². The Morgan fingerprint density at radius 3 is 2.85 bits per heavy atom. The van der Waals surface area contributed by atoms with Gasteiger partial charge in [0.25, 0.3) is 11.5 Å². The first-order valence-electron chi connectivity index (χ1n) is 8.15. The van der Waals surface area contributed by atoms with Gasteiger partial charge in [0.15, 0.2) is 0 Å². The summed E-state index contributed by atoms with van der Waals surface area (Å²) in [7, 11) is 0. The molecule has 4 rings (SSSR count). The Morgan fingerprint density at radius 2 is 2.04 bits per heavy atom. The summed E-state index contributed by atoms with van der Waals surface area (Å²) in [4.78, 5) is 24.8. The number of hydrogen-bond acceptors (Lipinski definition) is 6. The number of aromatic nitrogens is 3. The number of fused-ring (bicyclic) bond motifs is 1. The van der Waals surface area contributed by atoms with Crippen molar-refractivity contribution in [2.75, 3.05) is 5.32 Å². The van der Waals surface area contributed by atoms with E-state index >= 15 is 0 Å². The van der Waals surface area contributed by atoms with E-state index in [0.29, 0.717) is 11.6 Å². The highest BCUT2D eigenvalue weighted by Crippen LogP contribution is 2.34. The fourth-order valence-corrected chi connectivity index (χ4v) is 3.77. The highest BCUT2D eigenvalue weighted by atomic mass is 32.2. The van der Waals surface area contributed by atoms with Gasteiger partial charge in [0.2, 0.25) is 5.88 Å². The molecule has 2 aromatic heterocycles. The summed E-state index contributed by atoms with van der Waals surface area (Å²) >= 11 is 1.72. The van der Waals surface area contributed by atoms with Crippen molar-refractivity contribution in [3.8, 4) is 11.3 Å². The first-order valence-corrected chi connectivity index (χ1v) is 9.30. The fourth-order valence-electron chi connectivity index (χ4n) is 2.75. The molecular weight excluding hydrogens is 352 g/mol. The molecule has 1 aliphatic heterocycles. The summed E-state index contributed by atoms with van der Waals surface area (Å²) in [5.41, 5.74) is 2.93. The van der Waals surface area contributed by atoms with Crippen LogP contribution in [-0.2, 0) is 16.3 Å². The molecule has 1 aromatic carbocycles. The normalized spacial score (nSPS) is 14.0. The Kier molecular flexibility index (Phi) is 4.34. The Balaban J connectivity index is 1.60. The van der Waals surface area contributed by atoms with E-state index < -0.39 is 6.04 Å². The number of anilines is 1. The van der Waals surface area contributed by atoms with Crippen LogP contribution in [0.15, 0.2) is 51.8 Å². The van der Waals surface area contributed by atoms with Crippen LogP contribution in [0.4, 0.5) is 5.88 Å². The molecule has 7 nitrogen and oxygen atoms in total. The quantitative estimate of drug-likeness (QED) is 0.762. The standard InChI is InChI=1S/C18H16N4O3S/c1-11(17(24)19-18-13-9-26-10-15(13)21-25-18)22-16(23)8-7-14(20-22)12-5-3-2-4-6-12/h2-8,11H,9-10H2,1H3,(H,19,24)/t11-/m0/s1. The third kappa shape index (κ3) is 3.03. The number of hydrogen-bond donors (Lipinski definition) is 1. The molecule has 8 heteroatoms. The summed E-state index contributed by atoms with van der Waals surface area (Å²) in [6.07, 6.45) is 0. The Hall–Kier alpha value is -2.87. The lowest BCUT2D eigenvalue weighted by molar-refractivity contribution is -0.119. The van der Waals surface area contributed by atoms with Crippen molar-refractivity contribution in [1.82, 2.24) is 14.9 Å². The molecule has 0 fully saturated rings. The molecule has 0 unspecified atom stereocenters. The number of nitrogens with one attached hydrogen (secondary N) is 1.